The maximum absolute atomic E-state index is 13.2. The summed E-state index contributed by atoms with van der Waals surface area (Å²) in [6.07, 6.45) is 1.71. The van der Waals surface area contributed by atoms with Gasteiger partial charge in [0.1, 0.15) is 17.0 Å². The van der Waals surface area contributed by atoms with Gasteiger partial charge in [-0.2, -0.15) is 0 Å². The predicted molar refractivity (Wildman–Crippen MR) is 103 cm³/mol. The number of benzene rings is 1. The van der Waals surface area contributed by atoms with E-state index in [1.165, 1.54) is 6.92 Å². The summed E-state index contributed by atoms with van der Waals surface area (Å²) in [5.41, 5.74) is 0.359. The van der Waals surface area contributed by atoms with Crippen molar-refractivity contribution in [3.05, 3.63) is 42.2 Å². The number of carbonyl (C=O) groups is 2. The Morgan fingerprint density at radius 2 is 1.96 bits per heavy atom. The third-order valence-corrected chi connectivity index (χ3v) is 4.88. The second kappa shape index (κ2) is 7.18. The number of amides is 2. The predicted octanol–water partition coefficient (Wildman–Crippen LogP) is 3.18. The smallest absolute Gasteiger partial charge is 0.246 e. The van der Waals surface area contributed by atoms with Crippen molar-refractivity contribution < 1.29 is 14.1 Å². The molecule has 1 atom stereocenters. The lowest BCUT2D eigenvalue weighted by atomic mass is 9.88. The topological polar surface area (TPSA) is 75.4 Å². The number of aromatic nitrogens is 1. The van der Waals surface area contributed by atoms with Gasteiger partial charge in [0.2, 0.25) is 11.8 Å². The standard InChI is InChI=1S/C21H27N3O3/c1-15(25)24-12-8-11-21(24,19(26)22-20(2,3)4)14-17-13-18(23-27-17)16-9-6-5-7-10-16/h5-7,9-10,13H,8,11-12,14H2,1-4H3,(H,22,26)/t21-/m1/s1. The lowest BCUT2D eigenvalue weighted by Gasteiger charge is -2.38. The highest BCUT2D eigenvalue weighted by molar-refractivity contribution is 5.92. The highest BCUT2D eigenvalue weighted by Crippen LogP contribution is 2.35. The largest absolute Gasteiger partial charge is 0.361 e. The number of carbonyl (C=O) groups excluding carboxylic acids is 2. The van der Waals surface area contributed by atoms with Gasteiger partial charge < -0.3 is 14.7 Å². The fourth-order valence-corrected chi connectivity index (χ4v) is 3.72. The van der Waals surface area contributed by atoms with Crippen molar-refractivity contribution in [2.45, 2.75) is 58.0 Å². The summed E-state index contributed by atoms with van der Waals surface area (Å²) in [6.45, 7) is 7.90. The summed E-state index contributed by atoms with van der Waals surface area (Å²) in [4.78, 5) is 27.1. The van der Waals surface area contributed by atoms with Crippen LogP contribution in [0.15, 0.2) is 40.9 Å². The molecular formula is C21H27N3O3. The molecule has 144 valence electrons. The van der Waals surface area contributed by atoms with Gasteiger partial charge in [-0.05, 0) is 33.6 Å². The van der Waals surface area contributed by atoms with E-state index in [0.717, 1.165) is 17.7 Å². The minimum absolute atomic E-state index is 0.0978. The van der Waals surface area contributed by atoms with E-state index >= 15 is 0 Å². The molecule has 0 unspecified atom stereocenters. The van der Waals surface area contributed by atoms with Crippen LogP contribution in [-0.2, 0) is 16.0 Å². The van der Waals surface area contributed by atoms with Crippen LogP contribution < -0.4 is 5.32 Å². The molecule has 0 radical (unpaired) electrons. The van der Waals surface area contributed by atoms with Crippen LogP contribution in [0.1, 0.15) is 46.3 Å². The molecule has 0 spiro atoms. The van der Waals surface area contributed by atoms with E-state index in [4.69, 9.17) is 4.52 Å². The van der Waals surface area contributed by atoms with Crippen LogP contribution in [0, 0.1) is 0 Å². The van der Waals surface area contributed by atoms with E-state index in [0.29, 0.717) is 25.1 Å². The molecule has 1 N–H and O–H groups in total. The van der Waals surface area contributed by atoms with Crippen molar-refractivity contribution in [1.82, 2.24) is 15.4 Å². The van der Waals surface area contributed by atoms with Crippen molar-refractivity contribution >= 4 is 11.8 Å². The van der Waals surface area contributed by atoms with Gasteiger partial charge in [-0.3, -0.25) is 9.59 Å². The SMILES string of the molecule is CC(=O)N1CCC[C@@]1(Cc1cc(-c2ccccc2)no1)C(=O)NC(C)(C)C. The Morgan fingerprint density at radius 3 is 2.59 bits per heavy atom. The molecule has 6 nitrogen and oxygen atoms in total. The van der Waals surface area contributed by atoms with Gasteiger partial charge in [0.05, 0.1) is 0 Å². The third kappa shape index (κ3) is 4.04. The van der Waals surface area contributed by atoms with Crippen LogP contribution in [0.2, 0.25) is 0 Å². The molecule has 1 saturated heterocycles. The number of nitrogens with one attached hydrogen (secondary N) is 1. The van der Waals surface area contributed by atoms with Crippen molar-refractivity contribution in [3.63, 3.8) is 0 Å². The van der Waals surface area contributed by atoms with Crippen molar-refractivity contribution in [2.75, 3.05) is 6.54 Å². The molecule has 1 aliphatic rings. The first-order valence-electron chi connectivity index (χ1n) is 9.33. The van der Waals surface area contributed by atoms with E-state index in [1.807, 2.05) is 57.2 Å². The number of hydrogen-bond donors (Lipinski definition) is 1. The monoisotopic (exact) mass is 369 g/mol. The van der Waals surface area contributed by atoms with Crippen LogP contribution in [0.5, 0.6) is 0 Å². The first-order chi connectivity index (χ1) is 12.7. The maximum atomic E-state index is 13.2. The fourth-order valence-electron chi connectivity index (χ4n) is 3.72. The van der Waals surface area contributed by atoms with Crippen LogP contribution >= 0.6 is 0 Å². The molecule has 2 amide bonds. The van der Waals surface area contributed by atoms with Crippen LogP contribution in [0.4, 0.5) is 0 Å². The summed E-state index contributed by atoms with van der Waals surface area (Å²) in [6, 6.07) is 11.6. The average molecular weight is 369 g/mol. The molecule has 0 saturated carbocycles. The van der Waals surface area contributed by atoms with Gasteiger partial charge in [-0.25, -0.2) is 0 Å². The lowest BCUT2D eigenvalue weighted by Crippen LogP contribution is -2.61. The Bertz CT molecular complexity index is 823. The molecule has 6 heteroatoms. The molecular weight excluding hydrogens is 342 g/mol. The molecule has 1 fully saturated rings. The molecule has 0 bridgehead atoms. The summed E-state index contributed by atoms with van der Waals surface area (Å²) in [5.74, 6) is 0.366. The van der Waals surface area contributed by atoms with E-state index in [2.05, 4.69) is 10.5 Å². The lowest BCUT2D eigenvalue weighted by molar-refractivity contribution is -0.144. The summed E-state index contributed by atoms with van der Waals surface area (Å²) in [7, 11) is 0. The molecule has 27 heavy (non-hydrogen) atoms. The second-order valence-electron chi connectivity index (χ2n) is 8.23. The minimum Gasteiger partial charge on any atom is -0.361 e. The van der Waals surface area contributed by atoms with Crippen LogP contribution in [0.3, 0.4) is 0 Å². The Labute approximate surface area is 159 Å². The van der Waals surface area contributed by atoms with Gasteiger partial charge in [-0.15, -0.1) is 0 Å². The first kappa shape index (κ1) is 19.1. The van der Waals surface area contributed by atoms with Crippen LogP contribution in [-0.4, -0.2) is 39.5 Å². The zero-order valence-electron chi connectivity index (χ0n) is 16.4. The maximum Gasteiger partial charge on any atom is 0.246 e. The normalized spacial score (nSPS) is 19.9. The molecule has 1 aliphatic heterocycles. The van der Waals surface area contributed by atoms with Crippen molar-refractivity contribution in [1.29, 1.82) is 0 Å². The van der Waals surface area contributed by atoms with E-state index in [1.54, 1.807) is 4.90 Å². The first-order valence-corrected chi connectivity index (χ1v) is 9.33. The quantitative estimate of drug-likeness (QED) is 0.898. The highest BCUT2D eigenvalue weighted by Gasteiger charge is 2.50. The molecule has 2 heterocycles. The third-order valence-electron chi connectivity index (χ3n) is 4.88. The summed E-state index contributed by atoms with van der Waals surface area (Å²) in [5, 5.41) is 7.20. The molecule has 0 aliphatic carbocycles. The fraction of sp³-hybridized carbons (Fsp3) is 0.476. The van der Waals surface area contributed by atoms with Gasteiger partial charge in [0.15, 0.2) is 0 Å². The Balaban J connectivity index is 1.92. The van der Waals surface area contributed by atoms with Crippen LogP contribution in [0.25, 0.3) is 11.3 Å². The highest BCUT2D eigenvalue weighted by atomic mass is 16.5. The number of rotatable bonds is 4. The molecule has 1 aromatic carbocycles. The Morgan fingerprint density at radius 1 is 1.26 bits per heavy atom. The number of nitrogens with zero attached hydrogens (tertiary/aromatic N) is 2. The van der Waals surface area contributed by atoms with E-state index in [-0.39, 0.29) is 17.4 Å². The van der Waals surface area contributed by atoms with Gasteiger partial charge in [-0.1, -0.05) is 35.5 Å². The Kier molecular flexibility index (Phi) is 5.09. The van der Waals surface area contributed by atoms with Crippen molar-refractivity contribution in [2.24, 2.45) is 0 Å². The Hall–Kier alpha value is -2.63. The molecule has 1 aromatic heterocycles. The second-order valence-corrected chi connectivity index (χ2v) is 8.23. The van der Waals surface area contributed by atoms with Crippen molar-refractivity contribution in [3.8, 4) is 11.3 Å². The molecule has 3 rings (SSSR count). The molecule has 2 aromatic rings. The van der Waals surface area contributed by atoms with Gasteiger partial charge in [0.25, 0.3) is 0 Å². The minimum atomic E-state index is -0.938. The van der Waals surface area contributed by atoms with E-state index < -0.39 is 5.54 Å². The number of hydrogen-bond acceptors (Lipinski definition) is 4. The summed E-state index contributed by atoms with van der Waals surface area (Å²) < 4.78 is 5.55. The summed E-state index contributed by atoms with van der Waals surface area (Å²) >= 11 is 0. The van der Waals surface area contributed by atoms with Gasteiger partial charge >= 0.3 is 0 Å². The average Bonchev–Trinajstić information content (AvgIpc) is 3.22. The van der Waals surface area contributed by atoms with E-state index in [9.17, 15) is 9.59 Å². The zero-order chi connectivity index (χ0) is 19.7. The van der Waals surface area contributed by atoms with Gasteiger partial charge in [0, 0.05) is 37.1 Å². The number of likely N-dealkylation sites (tertiary alicyclic amines) is 1. The zero-order valence-corrected chi connectivity index (χ0v) is 16.4.